The Balaban J connectivity index is 2.78. The molecule has 0 heterocycles. The third kappa shape index (κ3) is 3.20. The van der Waals surface area contributed by atoms with E-state index in [1.165, 1.54) is 0 Å². The number of carboxylic acid groups (broad SMARTS) is 1. The molecule has 3 atom stereocenters. The Morgan fingerprint density at radius 1 is 1.53 bits per heavy atom. The van der Waals surface area contributed by atoms with Crippen LogP contribution in [-0.2, 0) is 9.59 Å². The van der Waals surface area contributed by atoms with E-state index in [9.17, 15) is 14.7 Å². The molecule has 1 rings (SSSR count). The second-order valence-corrected chi connectivity index (χ2v) is 5.39. The van der Waals surface area contributed by atoms with Crippen molar-refractivity contribution in [3.63, 3.8) is 0 Å². The molecule has 4 heteroatoms. The smallest absolute Gasteiger partial charge is 0.329 e. The predicted octanol–water partition coefficient (Wildman–Crippen LogP) is 2.18. The molecule has 4 nitrogen and oxygen atoms in total. The third-order valence-corrected chi connectivity index (χ3v) is 3.83. The van der Waals surface area contributed by atoms with Crippen LogP contribution in [0.1, 0.15) is 52.9 Å². The van der Waals surface area contributed by atoms with E-state index >= 15 is 0 Å². The van der Waals surface area contributed by atoms with Gasteiger partial charge in [0.2, 0.25) is 5.91 Å². The third-order valence-electron chi connectivity index (χ3n) is 3.83. The molecule has 1 amide bonds. The molecule has 17 heavy (non-hydrogen) atoms. The van der Waals surface area contributed by atoms with Gasteiger partial charge in [0.25, 0.3) is 0 Å². The second-order valence-electron chi connectivity index (χ2n) is 5.39. The summed E-state index contributed by atoms with van der Waals surface area (Å²) in [6.45, 7) is 5.81. The van der Waals surface area contributed by atoms with E-state index < -0.39 is 11.5 Å². The van der Waals surface area contributed by atoms with Crippen LogP contribution in [0.4, 0.5) is 0 Å². The van der Waals surface area contributed by atoms with E-state index in [0.29, 0.717) is 18.8 Å². The zero-order valence-corrected chi connectivity index (χ0v) is 11.0. The van der Waals surface area contributed by atoms with E-state index in [1.54, 1.807) is 0 Å². The summed E-state index contributed by atoms with van der Waals surface area (Å²) >= 11 is 0. The van der Waals surface area contributed by atoms with Crippen molar-refractivity contribution < 1.29 is 14.7 Å². The molecule has 0 bridgehead atoms. The average molecular weight is 241 g/mol. The molecule has 1 aliphatic rings. The Labute approximate surface area is 103 Å². The van der Waals surface area contributed by atoms with Crippen LogP contribution in [0, 0.1) is 11.8 Å². The number of hydrogen-bond acceptors (Lipinski definition) is 2. The number of aliphatic carboxylic acids is 1. The SMILES string of the molecule is CCC(C)C(=O)NC1(C(=O)O)CCCC(C)C1. The van der Waals surface area contributed by atoms with Crippen molar-refractivity contribution >= 4 is 11.9 Å². The van der Waals surface area contributed by atoms with Gasteiger partial charge in [-0.25, -0.2) is 4.79 Å². The second kappa shape index (κ2) is 5.52. The van der Waals surface area contributed by atoms with Gasteiger partial charge in [-0.15, -0.1) is 0 Å². The highest BCUT2D eigenvalue weighted by atomic mass is 16.4. The first-order valence-electron chi connectivity index (χ1n) is 6.46. The van der Waals surface area contributed by atoms with Crippen LogP contribution in [0.3, 0.4) is 0 Å². The standard InChI is InChI=1S/C13H23NO3/c1-4-10(3)11(15)14-13(12(16)17)7-5-6-9(2)8-13/h9-10H,4-8H2,1-3H3,(H,14,15)(H,16,17). The van der Waals surface area contributed by atoms with Crippen molar-refractivity contribution in [3.05, 3.63) is 0 Å². The van der Waals surface area contributed by atoms with Crippen molar-refractivity contribution in [2.45, 2.75) is 58.4 Å². The fraction of sp³-hybridized carbons (Fsp3) is 0.846. The van der Waals surface area contributed by atoms with Crippen molar-refractivity contribution in [3.8, 4) is 0 Å². The Kier molecular flexibility index (Phi) is 4.54. The summed E-state index contributed by atoms with van der Waals surface area (Å²) in [5.41, 5.74) is -1.03. The number of rotatable bonds is 4. The number of nitrogens with one attached hydrogen (secondary N) is 1. The maximum atomic E-state index is 11.9. The van der Waals surface area contributed by atoms with E-state index in [4.69, 9.17) is 0 Å². The van der Waals surface area contributed by atoms with Crippen LogP contribution in [0.25, 0.3) is 0 Å². The quantitative estimate of drug-likeness (QED) is 0.792. The van der Waals surface area contributed by atoms with Crippen LogP contribution in [0.5, 0.6) is 0 Å². The first-order chi connectivity index (χ1) is 7.91. The molecular formula is C13H23NO3. The fourth-order valence-corrected chi connectivity index (χ4v) is 2.46. The molecule has 2 N–H and O–H groups in total. The van der Waals surface area contributed by atoms with E-state index in [1.807, 2.05) is 20.8 Å². The molecule has 0 aromatic carbocycles. The molecule has 0 radical (unpaired) electrons. The first kappa shape index (κ1) is 14.0. The van der Waals surface area contributed by atoms with Gasteiger partial charge in [0.05, 0.1) is 0 Å². The highest BCUT2D eigenvalue weighted by Gasteiger charge is 2.43. The zero-order chi connectivity index (χ0) is 13.1. The Hall–Kier alpha value is -1.06. The Bertz CT molecular complexity index is 303. The van der Waals surface area contributed by atoms with Gasteiger partial charge in [0.1, 0.15) is 5.54 Å². The first-order valence-corrected chi connectivity index (χ1v) is 6.46. The van der Waals surface area contributed by atoms with Crippen LogP contribution in [0.15, 0.2) is 0 Å². The lowest BCUT2D eigenvalue weighted by molar-refractivity contribution is -0.150. The monoisotopic (exact) mass is 241 g/mol. The normalized spacial score (nSPS) is 30.6. The molecule has 0 saturated heterocycles. The van der Waals surface area contributed by atoms with Crippen molar-refractivity contribution in [1.29, 1.82) is 0 Å². The Morgan fingerprint density at radius 3 is 2.65 bits per heavy atom. The maximum Gasteiger partial charge on any atom is 0.329 e. The van der Waals surface area contributed by atoms with Gasteiger partial charge in [-0.3, -0.25) is 4.79 Å². The van der Waals surface area contributed by atoms with Gasteiger partial charge in [0.15, 0.2) is 0 Å². The minimum absolute atomic E-state index is 0.122. The van der Waals surface area contributed by atoms with Gasteiger partial charge < -0.3 is 10.4 Å². The van der Waals surface area contributed by atoms with Crippen LogP contribution in [0.2, 0.25) is 0 Å². The Morgan fingerprint density at radius 2 is 2.18 bits per heavy atom. The molecule has 0 aliphatic heterocycles. The lowest BCUT2D eigenvalue weighted by atomic mass is 9.76. The van der Waals surface area contributed by atoms with Crippen LogP contribution in [-0.4, -0.2) is 22.5 Å². The molecule has 1 fully saturated rings. The lowest BCUT2D eigenvalue weighted by Crippen LogP contribution is -2.57. The summed E-state index contributed by atoms with van der Waals surface area (Å²) in [5, 5.41) is 12.2. The molecule has 0 aromatic rings. The van der Waals surface area contributed by atoms with Crippen molar-refractivity contribution in [1.82, 2.24) is 5.32 Å². The highest BCUT2D eigenvalue weighted by molar-refractivity contribution is 5.88. The number of carbonyl (C=O) groups excluding carboxylic acids is 1. The van der Waals surface area contributed by atoms with Gasteiger partial charge in [-0.1, -0.05) is 33.6 Å². The topological polar surface area (TPSA) is 66.4 Å². The van der Waals surface area contributed by atoms with Crippen LogP contribution < -0.4 is 5.32 Å². The van der Waals surface area contributed by atoms with Gasteiger partial charge in [-0.05, 0) is 25.2 Å². The summed E-state index contributed by atoms with van der Waals surface area (Å²) < 4.78 is 0. The van der Waals surface area contributed by atoms with E-state index in [-0.39, 0.29) is 11.8 Å². The van der Waals surface area contributed by atoms with Gasteiger partial charge in [0, 0.05) is 5.92 Å². The minimum atomic E-state index is -1.03. The molecule has 0 spiro atoms. The largest absolute Gasteiger partial charge is 0.480 e. The summed E-state index contributed by atoms with van der Waals surface area (Å²) in [4.78, 5) is 23.3. The average Bonchev–Trinajstić information content (AvgIpc) is 2.27. The van der Waals surface area contributed by atoms with Crippen LogP contribution >= 0.6 is 0 Å². The van der Waals surface area contributed by atoms with Crippen molar-refractivity contribution in [2.75, 3.05) is 0 Å². The van der Waals surface area contributed by atoms with Gasteiger partial charge in [-0.2, -0.15) is 0 Å². The number of hydrogen-bond donors (Lipinski definition) is 2. The van der Waals surface area contributed by atoms with E-state index in [0.717, 1.165) is 19.3 Å². The predicted molar refractivity (Wildman–Crippen MR) is 65.6 cm³/mol. The zero-order valence-electron chi connectivity index (χ0n) is 11.0. The molecule has 1 saturated carbocycles. The molecule has 1 aliphatic carbocycles. The number of carbonyl (C=O) groups is 2. The molecular weight excluding hydrogens is 218 g/mol. The number of amides is 1. The summed E-state index contributed by atoms with van der Waals surface area (Å²) in [7, 11) is 0. The maximum absolute atomic E-state index is 11.9. The summed E-state index contributed by atoms with van der Waals surface area (Å²) in [6, 6.07) is 0. The fourth-order valence-electron chi connectivity index (χ4n) is 2.46. The lowest BCUT2D eigenvalue weighted by Gasteiger charge is -2.37. The van der Waals surface area contributed by atoms with Gasteiger partial charge >= 0.3 is 5.97 Å². The summed E-state index contributed by atoms with van der Waals surface area (Å²) in [6.07, 6.45) is 3.75. The highest BCUT2D eigenvalue weighted by Crippen LogP contribution is 2.32. The molecule has 3 unspecified atom stereocenters. The summed E-state index contributed by atoms with van der Waals surface area (Å²) in [5.74, 6) is -0.787. The number of carboxylic acids is 1. The van der Waals surface area contributed by atoms with E-state index in [2.05, 4.69) is 5.32 Å². The molecule has 0 aromatic heterocycles. The minimum Gasteiger partial charge on any atom is -0.480 e. The molecule has 98 valence electrons. The van der Waals surface area contributed by atoms with Crippen molar-refractivity contribution in [2.24, 2.45) is 11.8 Å².